The van der Waals surface area contributed by atoms with Crippen LogP contribution in [0.4, 0.5) is 28.8 Å². The molecule has 1 aliphatic rings. The number of hydrogen-bond donors (Lipinski definition) is 1. The molecular weight excluding hydrogens is 426 g/mol. The first-order valence-electron chi connectivity index (χ1n) is 10.8. The fraction of sp³-hybridized carbons (Fsp3) is 0.364. The van der Waals surface area contributed by atoms with Crippen molar-refractivity contribution in [3.8, 4) is 0 Å². The van der Waals surface area contributed by atoms with Crippen molar-refractivity contribution < 1.29 is 14.5 Å². The summed E-state index contributed by atoms with van der Waals surface area (Å²) in [6.45, 7) is 4.99. The van der Waals surface area contributed by atoms with Crippen LogP contribution in [0.2, 0.25) is 0 Å². The molecule has 4 rings (SSSR count). The van der Waals surface area contributed by atoms with E-state index in [4.69, 9.17) is 4.74 Å². The van der Waals surface area contributed by atoms with Gasteiger partial charge in [-0.1, -0.05) is 17.7 Å². The van der Waals surface area contributed by atoms with Gasteiger partial charge in [0.1, 0.15) is 12.1 Å². The number of aromatic amines is 1. The average Bonchev–Trinajstić information content (AvgIpc) is 3.35. The summed E-state index contributed by atoms with van der Waals surface area (Å²) in [7, 11) is 0. The second-order valence-electron chi connectivity index (χ2n) is 7.75. The van der Waals surface area contributed by atoms with Crippen molar-refractivity contribution in [2.75, 3.05) is 29.5 Å². The molecule has 0 atom stereocenters. The van der Waals surface area contributed by atoms with Crippen LogP contribution in [0.5, 0.6) is 0 Å². The van der Waals surface area contributed by atoms with E-state index in [1.54, 1.807) is 24.1 Å². The monoisotopic (exact) mass is 451 g/mol. The second-order valence-corrected chi connectivity index (χ2v) is 7.75. The van der Waals surface area contributed by atoms with E-state index in [0.29, 0.717) is 44.0 Å². The number of ether oxygens (including phenoxy) is 1. The van der Waals surface area contributed by atoms with E-state index >= 15 is 0 Å². The Morgan fingerprint density at radius 2 is 1.97 bits per heavy atom. The van der Waals surface area contributed by atoms with E-state index < -0.39 is 4.92 Å². The summed E-state index contributed by atoms with van der Waals surface area (Å²) in [4.78, 5) is 36.0. The van der Waals surface area contributed by atoms with E-state index in [2.05, 4.69) is 20.2 Å². The maximum atomic E-state index is 12.3. The van der Waals surface area contributed by atoms with Crippen LogP contribution in [0.1, 0.15) is 25.3 Å². The third-order valence-corrected chi connectivity index (χ3v) is 5.61. The van der Waals surface area contributed by atoms with Crippen LogP contribution < -0.4 is 9.80 Å². The Bertz CT molecular complexity index is 1110. The number of anilines is 4. The number of H-pyrrole nitrogens is 1. The van der Waals surface area contributed by atoms with E-state index in [1.807, 2.05) is 36.1 Å². The predicted octanol–water partition coefficient (Wildman–Crippen LogP) is 3.67. The van der Waals surface area contributed by atoms with Gasteiger partial charge >= 0.3 is 11.7 Å². The average molecular weight is 451 g/mol. The first-order valence-corrected chi connectivity index (χ1v) is 10.8. The van der Waals surface area contributed by atoms with Crippen LogP contribution >= 0.6 is 0 Å². The lowest BCUT2D eigenvalue weighted by Gasteiger charge is -2.32. The molecule has 0 spiro atoms. The lowest BCUT2D eigenvalue weighted by molar-refractivity contribution is -0.383. The Kier molecular flexibility index (Phi) is 6.48. The fourth-order valence-corrected chi connectivity index (χ4v) is 3.95. The highest BCUT2D eigenvalue weighted by atomic mass is 16.6. The van der Waals surface area contributed by atoms with Crippen molar-refractivity contribution in [3.05, 3.63) is 58.5 Å². The second kappa shape index (κ2) is 9.63. The molecule has 3 heterocycles. The zero-order valence-corrected chi connectivity index (χ0v) is 18.5. The minimum absolute atomic E-state index is 0.130. The highest BCUT2D eigenvalue weighted by Gasteiger charge is 2.34. The first kappa shape index (κ1) is 22.2. The normalized spacial score (nSPS) is 14.2. The van der Waals surface area contributed by atoms with Crippen LogP contribution in [0.3, 0.4) is 0 Å². The molecule has 1 aliphatic heterocycles. The molecule has 33 heavy (non-hydrogen) atoms. The van der Waals surface area contributed by atoms with Crippen molar-refractivity contribution in [2.24, 2.45) is 5.92 Å². The lowest BCUT2D eigenvalue weighted by Crippen LogP contribution is -2.38. The highest BCUT2D eigenvalue weighted by Crippen LogP contribution is 2.42. The van der Waals surface area contributed by atoms with Crippen molar-refractivity contribution in [1.82, 2.24) is 20.2 Å². The van der Waals surface area contributed by atoms with Crippen LogP contribution in [0, 0.1) is 23.0 Å². The maximum absolute atomic E-state index is 12.3. The molecule has 0 aliphatic carbocycles. The molecule has 3 aromatic rings. The molecule has 1 fully saturated rings. The van der Waals surface area contributed by atoms with Gasteiger partial charge in [-0.2, -0.15) is 5.10 Å². The molecule has 0 radical (unpaired) electrons. The minimum atomic E-state index is -0.459. The number of carbonyl (C=O) groups excluding carboxylic acids is 1. The zero-order chi connectivity index (χ0) is 23.4. The number of nitrogens with one attached hydrogen (secondary N) is 1. The summed E-state index contributed by atoms with van der Waals surface area (Å²) in [5.41, 5.74) is 1.55. The standard InChI is InChI=1S/C22H25N7O4/c1-3-33-22(30)16-9-12-27(13-10-16)20-19(29(31)32)21(24-14-23-20)28(18-8-11-25-26-18)17-6-4-15(2)5-7-17/h4-8,11,14,16H,3,9-10,12-13H2,1-2H3,(H,25,26). The van der Waals surface area contributed by atoms with Crippen LogP contribution in [-0.4, -0.2) is 50.8 Å². The number of aryl methyl sites for hydroxylation is 1. The summed E-state index contributed by atoms with van der Waals surface area (Å²) in [5.74, 6) is 0.456. The SMILES string of the molecule is CCOC(=O)C1CCN(c2ncnc(N(c3ccc(C)cc3)c3ccn[nH]3)c2[N+](=O)[O-])CC1. The van der Waals surface area contributed by atoms with Crippen molar-refractivity contribution in [3.63, 3.8) is 0 Å². The molecule has 1 aromatic carbocycles. The quantitative estimate of drug-likeness (QED) is 0.325. The van der Waals surface area contributed by atoms with Crippen molar-refractivity contribution in [1.29, 1.82) is 0 Å². The van der Waals surface area contributed by atoms with Gasteiger partial charge in [0.2, 0.25) is 11.6 Å². The zero-order valence-electron chi connectivity index (χ0n) is 18.5. The van der Waals surface area contributed by atoms with Gasteiger partial charge in [0.25, 0.3) is 0 Å². The van der Waals surface area contributed by atoms with E-state index in [1.165, 1.54) is 6.33 Å². The van der Waals surface area contributed by atoms with Gasteiger partial charge in [0.05, 0.1) is 23.6 Å². The summed E-state index contributed by atoms with van der Waals surface area (Å²) >= 11 is 0. The lowest BCUT2D eigenvalue weighted by atomic mass is 9.97. The molecule has 1 N–H and O–H groups in total. The van der Waals surface area contributed by atoms with Gasteiger partial charge in [0.15, 0.2) is 0 Å². The Labute approximate surface area is 190 Å². The predicted molar refractivity (Wildman–Crippen MR) is 122 cm³/mol. The number of benzene rings is 1. The summed E-state index contributed by atoms with van der Waals surface area (Å²) in [6.07, 6.45) is 3.98. The molecule has 11 nitrogen and oxygen atoms in total. The Hall–Kier alpha value is -4.02. The smallest absolute Gasteiger partial charge is 0.354 e. The van der Waals surface area contributed by atoms with Crippen LogP contribution in [-0.2, 0) is 9.53 Å². The molecular formula is C22H25N7O4. The van der Waals surface area contributed by atoms with Crippen LogP contribution in [0.25, 0.3) is 0 Å². The van der Waals surface area contributed by atoms with Gasteiger partial charge < -0.3 is 9.64 Å². The number of esters is 1. The highest BCUT2D eigenvalue weighted by molar-refractivity contribution is 5.82. The number of nitro groups is 1. The molecule has 0 unspecified atom stereocenters. The first-order chi connectivity index (χ1) is 16.0. The number of aromatic nitrogens is 4. The minimum Gasteiger partial charge on any atom is -0.466 e. The summed E-state index contributed by atoms with van der Waals surface area (Å²) in [5, 5.41) is 19.2. The molecule has 2 aromatic heterocycles. The third kappa shape index (κ3) is 4.61. The molecule has 11 heteroatoms. The van der Waals surface area contributed by atoms with Gasteiger partial charge in [-0.3, -0.25) is 24.9 Å². The molecule has 1 saturated heterocycles. The largest absolute Gasteiger partial charge is 0.466 e. The summed E-state index contributed by atoms with van der Waals surface area (Å²) in [6, 6.07) is 9.30. The molecule has 0 bridgehead atoms. The molecule has 0 saturated carbocycles. The fourth-order valence-electron chi connectivity index (χ4n) is 3.95. The third-order valence-electron chi connectivity index (χ3n) is 5.61. The van der Waals surface area contributed by atoms with Gasteiger partial charge in [0, 0.05) is 24.8 Å². The number of hydrogen-bond acceptors (Lipinski definition) is 9. The number of nitrogens with zero attached hydrogens (tertiary/aromatic N) is 6. The van der Waals surface area contributed by atoms with Gasteiger partial charge in [-0.05, 0) is 38.8 Å². The number of rotatable bonds is 7. The van der Waals surface area contributed by atoms with Crippen molar-refractivity contribution in [2.45, 2.75) is 26.7 Å². The number of carbonyl (C=O) groups is 1. The maximum Gasteiger partial charge on any atom is 0.354 e. The topological polar surface area (TPSA) is 130 Å². The molecule has 0 amide bonds. The Morgan fingerprint density at radius 1 is 1.24 bits per heavy atom. The molecule has 172 valence electrons. The van der Waals surface area contributed by atoms with E-state index in [9.17, 15) is 14.9 Å². The summed E-state index contributed by atoms with van der Waals surface area (Å²) < 4.78 is 5.13. The number of piperidine rings is 1. The van der Waals surface area contributed by atoms with Gasteiger partial charge in [-0.15, -0.1) is 0 Å². The van der Waals surface area contributed by atoms with Gasteiger partial charge in [-0.25, -0.2) is 9.97 Å². The van der Waals surface area contributed by atoms with E-state index in [0.717, 1.165) is 5.56 Å². The van der Waals surface area contributed by atoms with E-state index in [-0.39, 0.29) is 29.2 Å². The Balaban J connectivity index is 1.72. The van der Waals surface area contributed by atoms with Crippen LogP contribution in [0.15, 0.2) is 42.9 Å². The van der Waals surface area contributed by atoms with Crippen molar-refractivity contribution >= 4 is 34.8 Å². The Morgan fingerprint density at radius 3 is 2.58 bits per heavy atom.